The van der Waals surface area contributed by atoms with Crippen molar-refractivity contribution in [3.8, 4) is 22.5 Å². The molecule has 1 saturated carbocycles. The highest BCUT2D eigenvalue weighted by molar-refractivity contribution is 7.92. The number of rotatable bonds is 6. The molecule has 0 N–H and O–H groups in total. The van der Waals surface area contributed by atoms with Crippen LogP contribution in [0.5, 0.6) is 0 Å². The van der Waals surface area contributed by atoms with E-state index in [0.717, 1.165) is 18.4 Å². The minimum atomic E-state index is -3.24. The summed E-state index contributed by atoms with van der Waals surface area (Å²) in [6.07, 6.45) is 7.02. The highest BCUT2D eigenvalue weighted by atomic mass is 32.2. The van der Waals surface area contributed by atoms with Crippen LogP contribution in [0.2, 0.25) is 0 Å². The van der Waals surface area contributed by atoms with E-state index in [9.17, 15) is 21.2 Å². The van der Waals surface area contributed by atoms with E-state index >= 15 is 0 Å². The molecule has 7 rings (SSSR count). The molecule has 0 unspecified atom stereocenters. The van der Waals surface area contributed by atoms with Gasteiger partial charge >= 0.3 is 0 Å². The number of halogens is 1. The summed E-state index contributed by atoms with van der Waals surface area (Å²) in [4.78, 5) is 8.83. The molecule has 1 aromatic carbocycles. The van der Waals surface area contributed by atoms with Gasteiger partial charge in [-0.3, -0.25) is 4.68 Å². The predicted molar refractivity (Wildman–Crippen MR) is 142 cm³/mol. The van der Waals surface area contributed by atoms with E-state index in [2.05, 4.69) is 9.97 Å². The van der Waals surface area contributed by atoms with Crippen molar-refractivity contribution < 1.29 is 25.6 Å². The highest BCUT2D eigenvalue weighted by Gasteiger charge is 2.40. The van der Waals surface area contributed by atoms with Gasteiger partial charge < -0.3 is 4.42 Å². The van der Waals surface area contributed by atoms with Gasteiger partial charge in [0.1, 0.15) is 23.6 Å². The molecule has 3 aromatic heterocycles. The van der Waals surface area contributed by atoms with Gasteiger partial charge in [-0.05, 0) is 55.2 Å². The number of aromatic nitrogens is 4. The number of hydrogen-bond donors (Lipinski definition) is 0. The molecule has 0 spiro atoms. The third-order valence-corrected chi connectivity index (χ3v) is 11.6. The summed E-state index contributed by atoms with van der Waals surface area (Å²) >= 11 is 0. The lowest BCUT2D eigenvalue weighted by Crippen LogP contribution is -2.38. The molecule has 2 aliphatic heterocycles. The molecule has 39 heavy (non-hydrogen) atoms. The topological polar surface area (TPSA) is 128 Å². The normalized spacial score (nSPS) is 20.2. The smallest absolute Gasteiger partial charge is 0.230 e. The quantitative estimate of drug-likeness (QED) is 0.345. The molecule has 0 amide bonds. The summed E-state index contributed by atoms with van der Waals surface area (Å²) in [7, 11) is -6.31. The summed E-state index contributed by atoms with van der Waals surface area (Å²) in [5, 5.41) is 5.09. The van der Waals surface area contributed by atoms with Crippen LogP contribution in [0.3, 0.4) is 0 Å². The van der Waals surface area contributed by atoms with Crippen molar-refractivity contribution in [1.82, 2.24) is 24.1 Å². The first kappa shape index (κ1) is 24.6. The van der Waals surface area contributed by atoms with Crippen LogP contribution in [0.1, 0.15) is 31.1 Å². The second-order valence-electron chi connectivity index (χ2n) is 10.2. The minimum absolute atomic E-state index is 0.00760. The van der Waals surface area contributed by atoms with Gasteiger partial charge in [0.2, 0.25) is 15.7 Å². The monoisotopic (exact) mass is 569 g/mol. The molecule has 202 valence electrons. The Kier molecular flexibility index (Phi) is 5.55. The van der Waals surface area contributed by atoms with Gasteiger partial charge in [0.05, 0.1) is 33.9 Å². The van der Waals surface area contributed by atoms with E-state index in [0.29, 0.717) is 58.9 Å². The van der Waals surface area contributed by atoms with E-state index in [-0.39, 0.29) is 28.6 Å². The van der Waals surface area contributed by atoms with Crippen molar-refractivity contribution in [3.05, 3.63) is 60.5 Å². The van der Waals surface area contributed by atoms with Crippen molar-refractivity contribution in [2.75, 3.05) is 24.6 Å². The molecule has 1 aliphatic carbocycles. The highest BCUT2D eigenvalue weighted by Crippen LogP contribution is 2.39. The summed E-state index contributed by atoms with van der Waals surface area (Å²) in [5.41, 5.74) is 3.67. The summed E-state index contributed by atoms with van der Waals surface area (Å²) in [6.45, 7) is 0.696. The van der Waals surface area contributed by atoms with Crippen LogP contribution < -0.4 is 0 Å². The Morgan fingerprint density at radius 3 is 2.49 bits per heavy atom. The van der Waals surface area contributed by atoms with Crippen molar-refractivity contribution in [3.63, 3.8) is 0 Å². The number of sulfone groups is 1. The van der Waals surface area contributed by atoms with Gasteiger partial charge in [-0.1, -0.05) is 6.08 Å². The lowest BCUT2D eigenvalue weighted by molar-refractivity contribution is 0.437. The molecule has 3 aliphatic rings. The SMILES string of the molecule is O=S1(=O)CC(n2cc(-c3ncnc4oc(C5=CCN(S(=O)(=O)C6CC6)CC5)cc34)c(-c3ccc(F)cc3)n2)C1. The molecule has 5 heterocycles. The standard InChI is InChI=1S/C26H24FN5O5S2/c27-18-3-1-17(2-4-18)24-22(12-32(30-24)19-13-38(33,34)14-19)25-21-11-23(37-26(21)29-15-28-25)16-7-9-31(10-8-16)39(35,36)20-5-6-20/h1-4,7,11-12,15,19-20H,5-6,8-10,13-14H2. The van der Waals surface area contributed by atoms with Crippen molar-refractivity contribution in [2.24, 2.45) is 0 Å². The fraction of sp³-hybridized carbons (Fsp3) is 0.346. The Hall–Kier alpha value is -3.42. The van der Waals surface area contributed by atoms with Gasteiger partial charge in [0.25, 0.3) is 0 Å². The van der Waals surface area contributed by atoms with Gasteiger partial charge in [0.15, 0.2) is 9.84 Å². The average molecular weight is 570 g/mol. The van der Waals surface area contributed by atoms with Gasteiger partial charge in [-0.2, -0.15) is 9.40 Å². The molecule has 10 nitrogen and oxygen atoms in total. The molecule has 1 saturated heterocycles. The summed E-state index contributed by atoms with van der Waals surface area (Å²) in [5.74, 6) is 0.232. The minimum Gasteiger partial charge on any atom is -0.438 e. The fourth-order valence-corrected chi connectivity index (χ4v) is 8.34. The van der Waals surface area contributed by atoms with Gasteiger partial charge in [-0.15, -0.1) is 0 Å². The predicted octanol–water partition coefficient (Wildman–Crippen LogP) is 3.44. The van der Waals surface area contributed by atoms with E-state index in [4.69, 9.17) is 9.52 Å². The Bertz CT molecular complexity index is 1850. The fourth-order valence-electron chi connectivity index (χ4n) is 5.17. The maximum absolute atomic E-state index is 13.7. The first-order chi connectivity index (χ1) is 18.7. The van der Waals surface area contributed by atoms with Crippen molar-refractivity contribution >= 4 is 36.5 Å². The Morgan fingerprint density at radius 2 is 1.82 bits per heavy atom. The average Bonchev–Trinajstić information content (AvgIpc) is 3.54. The maximum atomic E-state index is 13.7. The Balaban J connectivity index is 1.27. The first-order valence-electron chi connectivity index (χ1n) is 12.7. The Labute approximate surface area is 224 Å². The van der Waals surface area contributed by atoms with Crippen LogP contribution in [-0.4, -0.2) is 70.7 Å². The van der Waals surface area contributed by atoms with Crippen LogP contribution in [-0.2, 0) is 19.9 Å². The third-order valence-electron chi connectivity index (χ3n) is 7.49. The van der Waals surface area contributed by atoms with Gasteiger partial charge in [0, 0.05) is 30.4 Å². The zero-order valence-electron chi connectivity index (χ0n) is 20.7. The molecule has 0 atom stereocenters. The van der Waals surface area contributed by atoms with Crippen LogP contribution in [0.15, 0.2) is 53.3 Å². The van der Waals surface area contributed by atoms with Crippen LogP contribution in [0.25, 0.3) is 39.2 Å². The number of sulfonamides is 1. The van der Waals surface area contributed by atoms with Gasteiger partial charge in [-0.25, -0.2) is 31.2 Å². The molecular formula is C26H24FN5O5S2. The number of benzene rings is 1. The Morgan fingerprint density at radius 1 is 1.05 bits per heavy atom. The zero-order chi connectivity index (χ0) is 26.9. The molecule has 0 radical (unpaired) electrons. The molecule has 4 aromatic rings. The third kappa shape index (κ3) is 4.38. The van der Waals surface area contributed by atoms with Crippen molar-refractivity contribution in [2.45, 2.75) is 30.6 Å². The van der Waals surface area contributed by atoms with Crippen LogP contribution in [0.4, 0.5) is 4.39 Å². The number of nitrogens with zero attached hydrogens (tertiary/aromatic N) is 5. The van der Waals surface area contributed by atoms with E-state index in [1.54, 1.807) is 23.0 Å². The van der Waals surface area contributed by atoms with Crippen molar-refractivity contribution in [1.29, 1.82) is 0 Å². The summed E-state index contributed by atoms with van der Waals surface area (Å²) < 4.78 is 71.8. The number of fused-ring (bicyclic) bond motifs is 1. The second-order valence-corrected chi connectivity index (χ2v) is 14.6. The van der Waals surface area contributed by atoms with E-state index < -0.39 is 19.9 Å². The van der Waals surface area contributed by atoms with Crippen LogP contribution >= 0.6 is 0 Å². The summed E-state index contributed by atoms with van der Waals surface area (Å²) in [6, 6.07) is 7.50. The lowest BCUT2D eigenvalue weighted by atomic mass is 10.0. The molecule has 0 bridgehead atoms. The van der Waals surface area contributed by atoms with E-state index in [1.807, 2.05) is 12.1 Å². The van der Waals surface area contributed by atoms with E-state index in [1.165, 1.54) is 22.8 Å². The lowest BCUT2D eigenvalue weighted by Gasteiger charge is -2.25. The largest absolute Gasteiger partial charge is 0.438 e. The molecule has 2 fully saturated rings. The van der Waals surface area contributed by atoms with Crippen LogP contribution in [0, 0.1) is 5.82 Å². The second kappa shape index (κ2) is 8.80. The zero-order valence-corrected chi connectivity index (χ0v) is 22.3. The number of hydrogen-bond acceptors (Lipinski definition) is 8. The number of furan rings is 1. The molecule has 13 heteroatoms. The maximum Gasteiger partial charge on any atom is 0.230 e. The first-order valence-corrected chi connectivity index (χ1v) is 16.0. The molecular weight excluding hydrogens is 545 g/mol.